The second-order valence-electron chi connectivity index (χ2n) is 4.80. The fourth-order valence-corrected chi connectivity index (χ4v) is 1.94. The predicted octanol–water partition coefficient (Wildman–Crippen LogP) is 2.17. The third kappa shape index (κ3) is 3.92. The van der Waals surface area contributed by atoms with E-state index in [0.717, 1.165) is 18.9 Å². The van der Waals surface area contributed by atoms with Gasteiger partial charge in [0.05, 0.1) is 12.0 Å². The van der Waals surface area contributed by atoms with Gasteiger partial charge in [0.15, 0.2) is 0 Å². The normalized spacial score (nSPS) is 13.3. The summed E-state index contributed by atoms with van der Waals surface area (Å²) in [5, 5.41) is 20.0. The highest BCUT2D eigenvalue weighted by molar-refractivity contribution is 5.90. The Morgan fingerprint density at radius 1 is 1.48 bits per heavy atom. The second kappa shape index (κ2) is 6.22. The van der Waals surface area contributed by atoms with Crippen LogP contribution in [0.1, 0.15) is 24.8 Å². The van der Waals surface area contributed by atoms with Crippen molar-refractivity contribution in [3.63, 3.8) is 0 Å². The smallest absolute Gasteiger partial charge is 0.322 e. The van der Waals surface area contributed by atoms with Crippen molar-refractivity contribution < 1.29 is 19.1 Å². The zero-order chi connectivity index (χ0) is 15.4. The summed E-state index contributed by atoms with van der Waals surface area (Å²) in [7, 11) is 0. The van der Waals surface area contributed by atoms with Crippen LogP contribution in [0, 0.1) is 17.1 Å². The molecule has 0 bridgehead atoms. The Balaban J connectivity index is 2.04. The number of carbonyl (C=O) groups excluding carboxylic acids is 1. The molecule has 110 valence electrons. The van der Waals surface area contributed by atoms with Crippen molar-refractivity contribution in [3.05, 3.63) is 29.6 Å². The van der Waals surface area contributed by atoms with Gasteiger partial charge in [-0.05, 0) is 31.0 Å². The molecule has 2 amide bonds. The van der Waals surface area contributed by atoms with Crippen molar-refractivity contribution >= 4 is 17.7 Å². The summed E-state index contributed by atoms with van der Waals surface area (Å²) in [6.07, 6.45) is 1.57. The van der Waals surface area contributed by atoms with Gasteiger partial charge in [-0.25, -0.2) is 9.18 Å². The van der Waals surface area contributed by atoms with Crippen LogP contribution in [-0.4, -0.2) is 34.6 Å². The van der Waals surface area contributed by atoms with Crippen molar-refractivity contribution in [3.8, 4) is 6.07 Å². The number of nitrogens with zero attached hydrogens (tertiary/aromatic N) is 2. The lowest BCUT2D eigenvalue weighted by atomic mass is 10.2. The lowest BCUT2D eigenvalue weighted by Crippen LogP contribution is -2.38. The lowest BCUT2D eigenvalue weighted by Gasteiger charge is -2.22. The number of carboxylic acids is 1. The number of benzene rings is 1. The Morgan fingerprint density at radius 3 is 2.76 bits per heavy atom. The fraction of sp³-hybridized carbons (Fsp3) is 0.357. The number of hydrogen-bond acceptors (Lipinski definition) is 3. The summed E-state index contributed by atoms with van der Waals surface area (Å²) >= 11 is 0. The highest BCUT2D eigenvalue weighted by Crippen LogP contribution is 2.27. The number of carbonyl (C=O) groups is 2. The standard InChI is InChI=1S/C14H14FN3O3/c15-12-4-1-10(7-9(12)8-16)17-14(21)18(11-2-3-11)6-5-13(19)20/h1,4,7,11H,2-3,5-6H2,(H,17,21)(H,19,20). The molecule has 1 fully saturated rings. The van der Waals surface area contributed by atoms with E-state index in [1.54, 1.807) is 6.07 Å². The average molecular weight is 291 g/mol. The Kier molecular flexibility index (Phi) is 4.38. The number of nitriles is 1. The maximum Gasteiger partial charge on any atom is 0.322 e. The van der Waals surface area contributed by atoms with Crippen molar-refractivity contribution in [2.45, 2.75) is 25.3 Å². The van der Waals surface area contributed by atoms with Gasteiger partial charge >= 0.3 is 12.0 Å². The van der Waals surface area contributed by atoms with E-state index < -0.39 is 17.8 Å². The van der Waals surface area contributed by atoms with E-state index in [0.29, 0.717) is 5.69 Å². The third-order valence-corrected chi connectivity index (χ3v) is 3.15. The molecule has 0 unspecified atom stereocenters. The SMILES string of the molecule is N#Cc1cc(NC(=O)N(CCC(=O)O)C2CC2)ccc1F. The van der Waals surface area contributed by atoms with Crippen molar-refractivity contribution in [2.75, 3.05) is 11.9 Å². The van der Waals surface area contributed by atoms with E-state index in [4.69, 9.17) is 10.4 Å². The van der Waals surface area contributed by atoms with E-state index in [-0.39, 0.29) is 24.6 Å². The summed E-state index contributed by atoms with van der Waals surface area (Å²) in [5.74, 6) is -1.62. The molecule has 2 rings (SSSR count). The van der Waals surface area contributed by atoms with Crippen molar-refractivity contribution in [1.29, 1.82) is 5.26 Å². The third-order valence-electron chi connectivity index (χ3n) is 3.15. The molecule has 0 atom stereocenters. The summed E-state index contributed by atoms with van der Waals surface area (Å²) in [6.45, 7) is 0.123. The first-order valence-corrected chi connectivity index (χ1v) is 6.50. The number of aliphatic carboxylic acids is 1. The van der Waals surface area contributed by atoms with Crippen LogP contribution in [0.25, 0.3) is 0 Å². The quantitative estimate of drug-likeness (QED) is 0.869. The van der Waals surface area contributed by atoms with Crippen LogP contribution >= 0.6 is 0 Å². The summed E-state index contributed by atoms with van der Waals surface area (Å²) in [5.41, 5.74) is 0.148. The van der Waals surface area contributed by atoms with Gasteiger partial charge in [-0.1, -0.05) is 0 Å². The summed E-state index contributed by atoms with van der Waals surface area (Å²) < 4.78 is 13.2. The first-order chi connectivity index (χ1) is 10.0. The van der Waals surface area contributed by atoms with Crippen LogP contribution in [0.15, 0.2) is 18.2 Å². The lowest BCUT2D eigenvalue weighted by molar-refractivity contribution is -0.137. The molecule has 1 aliphatic rings. The van der Waals surface area contributed by atoms with Gasteiger partial charge in [0.1, 0.15) is 11.9 Å². The van der Waals surface area contributed by atoms with Crippen LogP contribution in [0.5, 0.6) is 0 Å². The molecule has 1 aliphatic carbocycles. The number of anilines is 1. The Bertz CT molecular complexity index is 608. The average Bonchev–Trinajstić information content (AvgIpc) is 3.25. The van der Waals surface area contributed by atoms with Crippen LogP contribution < -0.4 is 5.32 Å². The number of urea groups is 1. The van der Waals surface area contributed by atoms with Gasteiger partial charge < -0.3 is 15.3 Å². The summed E-state index contributed by atoms with van der Waals surface area (Å²) in [6, 6.07) is 5.02. The van der Waals surface area contributed by atoms with E-state index in [1.165, 1.54) is 17.0 Å². The van der Waals surface area contributed by atoms with Gasteiger partial charge in [-0.2, -0.15) is 5.26 Å². The first-order valence-electron chi connectivity index (χ1n) is 6.50. The maximum absolute atomic E-state index is 13.2. The molecule has 0 radical (unpaired) electrons. The molecule has 2 N–H and O–H groups in total. The molecule has 7 heteroatoms. The van der Waals surface area contributed by atoms with Gasteiger partial charge in [0.25, 0.3) is 0 Å². The fourth-order valence-electron chi connectivity index (χ4n) is 1.94. The number of rotatable bonds is 5. The molecule has 0 aromatic heterocycles. The van der Waals surface area contributed by atoms with Gasteiger partial charge in [0, 0.05) is 18.3 Å². The molecular weight excluding hydrogens is 277 g/mol. The van der Waals surface area contributed by atoms with Gasteiger partial charge in [0.2, 0.25) is 0 Å². The van der Waals surface area contributed by atoms with Crippen LogP contribution in [0.4, 0.5) is 14.9 Å². The molecule has 0 heterocycles. The van der Waals surface area contributed by atoms with Crippen molar-refractivity contribution in [2.24, 2.45) is 0 Å². The summed E-state index contributed by atoms with van der Waals surface area (Å²) in [4.78, 5) is 24.2. The number of halogens is 1. The largest absolute Gasteiger partial charge is 0.481 e. The van der Waals surface area contributed by atoms with E-state index in [1.807, 2.05) is 0 Å². The number of hydrogen-bond donors (Lipinski definition) is 2. The van der Waals surface area contributed by atoms with E-state index in [9.17, 15) is 14.0 Å². The molecule has 1 aromatic rings. The minimum Gasteiger partial charge on any atom is -0.481 e. The zero-order valence-corrected chi connectivity index (χ0v) is 11.2. The maximum atomic E-state index is 13.2. The molecule has 0 saturated heterocycles. The van der Waals surface area contributed by atoms with Crippen LogP contribution in [-0.2, 0) is 4.79 Å². The number of nitrogens with one attached hydrogen (secondary N) is 1. The van der Waals surface area contributed by atoms with Crippen molar-refractivity contribution in [1.82, 2.24) is 4.90 Å². The molecule has 0 aliphatic heterocycles. The highest BCUT2D eigenvalue weighted by atomic mass is 19.1. The van der Waals surface area contributed by atoms with Crippen LogP contribution in [0.2, 0.25) is 0 Å². The minimum atomic E-state index is -0.970. The molecule has 1 aromatic carbocycles. The van der Waals surface area contributed by atoms with Gasteiger partial charge in [-0.3, -0.25) is 4.79 Å². The monoisotopic (exact) mass is 291 g/mol. The number of amides is 2. The van der Waals surface area contributed by atoms with Crippen LogP contribution in [0.3, 0.4) is 0 Å². The first kappa shape index (κ1) is 14.8. The highest BCUT2D eigenvalue weighted by Gasteiger charge is 2.32. The van der Waals surface area contributed by atoms with E-state index >= 15 is 0 Å². The molecule has 21 heavy (non-hydrogen) atoms. The molecule has 6 nitrogen and oxygen atoms in total. The predicted molar refractivity (Wildman–Crippen MR) is 72.1 cm³/mol. The molecular formula is C14H14FN3O3. The number of carboxylic acid groups (broad SMARTS) is 1. The Morgan fingerprint density at radius 2 is 2.19 bits per heavy atom. The Hall–Kier alpha value is -2.62. The van der Waals surface area contributed by atoms with E-state index in [2.05, 4.69) is 5.32 Å². The molecule has 1 saturated carbocycles. The topological polar surface area (TPSA) is 93.4 Å². The zero-order valence-electron chi connectivity index (χ0n) is 11.2. The Labute approximate surface area is 120 Å². The minimum absolute atomic E-state index is 0.0558. The second-order valence-corrected chi connectivity index (χ2v) is 4.80. The molecule has 0 spiro atoms. The van der Waals surface area contributed by atoms with Gasteiger partial charge in [-0.15, -0.1) is 0 Å².